The molecule has 2 saturated carbocycles. The molecule has 0 spiro atoms. The molecule has 3 aliphatic rings. The van der Waals surface area contributed by atoms with Crippen molar-refractivity contribution in [1.29, 1.82) is 0 Å². The minimum absolute atomic E-state index is 0.0173. The van der Waals surface area contributed by atoms with Crippen LogP contribution >= 0.6 is 0 Å². The summed E-state index contributed by atoms with van der Waals surface area (Å²) >= 11 is 0. The number of benzene rings is 1. The van der Waals surface area contributed by atoms with E-state index in [1.807, 2.05) is 0 Å². The van der Waals surface area contributed by atoms with Crippen LogP contribution in [-0.4, -0.2) is 13.2 Å². The first-order valence-electron chi connectivity index (χ1n) is 13.9. The molecule has 2 aliphatic carbocycles. The standard InChI is InChI=1S/C30H44F2O2/c1-3-5-6-7-21-8-10-22(11-9-21)23-12-14-24(15-13-23)25-16-18-27(34-20-25)26-17-19-28(33-4-2)30(32)29(26)31/h3,5,17,19,21-25,27H,4,6-16,18,20H2,1-2H3/t21?,22?,23?,24?,25?,27-/m0/s1. The summed E-state index contributed by atoms with van der Waals surface area (Å²) in [6.07, 6.45) is 19.7. The molecule has 0 aromatic heterocycles. The van der Waals surface area contributed by atoms with Gasteiger partial charge in [-0.15, -0.1) is 0 Å². The summed E-state index contributed by atoms with van der Waals surface area (Å²) < 4.78 is 40.2. The molecule has 1 heterocycles. The van der Waals surface area contributed by atoms with Gasteiger partial charge < -0.3 is 9.47 Å². The van der Waals surface area contributed by atoms with Crippen molar-refractivity contribution in [2.45, 2.75) is 97.0 Å². The van der Waals surface area contributed by atoms with Gasteiger partial charge in [0, 0.05) is 5.56 Å². The third-order valence-electron chi connectivity index (χ3n) is 9.05. The van der Waals surface area contributed by atoms with E-state index in [0.717, 1.165) is 36.5 Å². The third-order valence-corrected chi connectivity index (χ3v) is 9.05. The van der Waals surface area contributed by atoms with Crippen molar-refractivity contribution in [3.8, 4) is 5.75 Å². The molecule has 1 unspecified atom stereocenters. The lowest BCUT2D eigenvalue weighted by atomic mass is 9.66. The number of allylic oxidation sites excluding steroid dienone is 2. The van der Waals surface area contributed by atoms with Gasteiger partial charge in [-0.2, -0.15) is 4.39 Å². The summed E-state index contributed by atoms with van der Waals surface area (Å²) in [7, 11) is 0. The molecule has 4 rings (SSSR count). The van der Waals surface area contributed by atoms with Gasteiger partial charge in [0.15, 0.2) is 11.6 Å². The van der Waals surface area contributed by atoms with Crippen molar-refractivity contribution in [2.24, 2.45) is 29.6 Å². The number of ether oxygens (including phenoxy) is 2. The Hall–Kier alpha value is -1.42. The number of halogens is 2. The van der Waals surface area contributed by atoms with E-state index in [0.29, 0.717) is 24.7 Å². The summed E-state index contributed by atoms with van der Waals surface area (Å²) in [5, 5.41) is 0. The van der Waals surface area contributed by atoms with E-state index >= 15 is 0 Å². The van der Waals surface area contributed by atoms with Crippen LogP contribution in [0.4, 0.5) is 8.78 Å². The molecular formula is C30H44F2O2. The summed E-state index contributed by atoms with van der Waals surface area (Å²) in [5.74, 6) is 2.39. The maximum absolute atomic E-state index is 14.6. The molecule has 1 aromatic rings. The van der Waals surface area contributed by atoms with Crippen molar-refractivity contribution in [2.75, 3.05) is 13.2 Å². The average molecular weight is 475 g/mol. The van der Waals surface area contributed by atoms with Gasteiger partial charge in [-0.3, -0.25) is 0 Å². The Morgan fingerprint density at radius 3 is 2.06 bits per heavy atom. The van der Waals surface area contributed by atoms with Gasteiger partial charge in [0.2, 0.25) is 5.82 Å². The zero-order valence-corrected chi connectivity index (χ0v) is 21.2. The van der Waals surface area contributed by atoms with E-state index in [1.165, 1.54) is 70.3 Å². The first kappa shape index (κ1) is 25.7. The zero-order valence-electron chi connectivity index (χ0n) is 21.2. The van der Waals surface area contributed by atoms with Crippen LogP contribution in [0.3, 0.4) is 0 Å². The normalized spacial score (nSPS) is 32.7. The fourth-order valence-corrected chi connectivity index (χ4v) is 6.99. The fraction of sp³-hybridized carbons (Fsp3) is 0.733. The van der Waals surface area contributed by atoms with Crippen LogP contribution in [-0.2, 0) is 4.74 Å². The highest BCUT2D eigenvalue weighted by molar-refractivity contribution is 5.32. The Morgan fingerprint density at radius 2 is 1.47 bits per heavy atom. The van der Waals surface area contributed by atoms with Crippen LogP contribution < -0.4 is 4.74 Å². The third kappa shape index (κ3) is 6.22. The summed E-state index contributed by atoms with van der Waals surface area (Å²) in [4.78, 5) is 0. The van der Waals surface area contributed by atoms with Crippen molar-refractivity contribution in [1.82, 2.24) is 0 Å². The Balaban J connectivity index is 1.20. The molecule has 1 saturated heterocycles. The average Bonchev–Trinajstić information content (AvgIpc) is 2.88. The Morgan fingerprint density at radius 1 is 0.853 bits per heavy atom. The van der Waals surface area contributed by atoms with Crippen LogP contribution in [0.5, 0.6) is 5.75 Å². The first-order valence-corrected chi connectivity index (χ1v) is 13.9. The van der Waals surface area contributed by atoms with Crippen LogP contribution in [0.15, 0.2) is 24.3 Å². The van der Waals surface area contributed by atoms with Crippen LogP contribution in [0.25, 0.3) is 0 Å². The monoisotopic (exact) mass is 474 g/mol. The zero-order chi connectivity index (χ0) is 23.9. The molecule has 0 amide bonds. The Kier molecular flexibility index (Phi) is 9.45. The largest absolute Gasteiger partial charge is 0.491 e. The lowest BCUT2D eigenvalue weighted by Crippen LogP contribution is -2.32. The first-order chi connectivity index (χ1) is 16.6. The van der Waals surface area contributed by atoms with E-state index < -0.39 is 11.6 Å². The van der Waals surface area contributed by atoms with E-state index in [-0.39, 0.29) is 11.9 Å². The van der Waals surface area contributed by atoms with Gasteiger partial charge in [0.1, 0.15) is 0 Å². The Labute approximate surface area is 205 Å². The van der Waals surface area contributed by atoms with Gasteiger partial charge in [0.25, 0.3) is 0 Å². The SMILES string of the molecule is CC=CCCC1CCC(C2CCC(C3CC[C@@H](c4ccc(OCC)c(F)c4F)OC3)CC2)CC1. The predicted molar refractivity (Wildman–Crippen MR) is 134 cm³/mol. The number of rotatable bonds is 8. The smallest absolute Gasteiger partial charge is 0.200 e. The lowest BCUT2D eigenvalue weighted by Gasteiger charge is -2.41. The second-order valence-electron chi connectivity index (χ2n) is 11.0. The van der Waals surface area contributed by atoms with Crippen molar-refractivity contribution < 1.29 is 18.3 Å². The highest BCUT2D eigenvalue weighted by Crippen LogP contribution is 2.46. The maximum Gasteiger partial charge on any atom is 0.200 e. The topological polar surface area (TPSA) is 18.5 Å². The molecule has 190 valence electrons. The quantitative estimate of drug-likeness (QED) is 0.350. The molecule has 2 nitrogen and oxygen atoms in total. The minimum Gasteiger partial charge on any atom is -0.491 e. The van der Waals surface area contributed by atoms with E-state index in [2.05, 4.69) is 19.1 Å². The molecule has 4 heteroatoms. The van der Waals surface area contributed by atoms with E-state index in [1.54, 1.807) is 13.0 Å². The summed E-state index contributed by atoms with van der Waals surface area (Å²) in [6.45, 7) is 4.87. The molecule has 1 aromatic carbocycles. The number of hydrogen-bond acceptors (Lipinski definition) is 2. The van der Waals surface area contributed by atoms with Gasteiger partial charge in [-0.1, -0.05) is 25.0 Å². The highest BCUT2D eigenvalue weighted by atomic mass is 19.2. The second kappa shape index (κ2) is 12.5. The maximum atomic E-state index is 14.6. The second-order valence-corrected chi connectivity index (χ2v) is 11.0. The fourth-order valence-electron chi connectivity index (χ4n) is 6.99. The van der Waals surface area contributed by atoms with E-state index in [4.69, 9.17) is 9.47 Å². The van der Waals surface area contributed by atoms with Crippen molar-refractivity contribution >= 4 is 0 Å². The molecule has 0 radical (unpaired) electrons. The van der Waals surface area contributed by atoms with Crippen LogP contribution in [0, 0.1) is 41.2 Å². The molecular weight excluding hydrogens is 430 g/mol. The number of hydrogen-bond donors (Lipinski definition) is 0. The van der Waals surface area contributed by atoms with Gasteiger partial charge in [-0.25, -0.2) is 4.39 Å². The molecule has 0 bridgehead atoms. The molecule has 0 N–H and O–H groups in total. The molecule has 2 atom stereocenters. The molecule has 3 fully saturated rings. The Bertz CT molecular complexity index is 783. The lowest BCUT2D eigenvalue weighted by molar-refractivity contribution is -0.0437. The van der Waals surface area contributed by atoms with Gasteiger partial charge >= 0.3 is 0 Å². The van der Waals surface area contributed by atoms with Gasteiger partial charge in [-0.05, 0) is 120 Å². The minimum atomic E-state index is -0.893. The van der Waals surface area contributed by atoms with E-state index in [9.17, 15) is 8.78 Å². The van der Waals surface area contributed by atoms with Crippen LogP contribution in [0.2, 0.25) is 0 Å². The molecule has 1 aliphatic heterocycles. The van der Waals surface area contributed by atoms with Gasteiger partial charge in [0.05, 0.1) is 19.3 Å². The van der Waals surface area contributed by atoms with Crippen LogP contribution in [0.1, 0.15) is 103 Å². The summed E-state index contributed by atoms with van der Waals surface area (Å²) in [6, 6.07) is 3.17. The van der Waals surface area contributed by atoms with Crippen molar-refractivity contribution in [3.05, 3.63) is 41.5 Å². The molecule has 34 heavy (non-hydrogen) atoms. The van der Waals surface area contributed by atoms with Crippen molar-refractivity contribution in [3.63, 3.8) is 0 Å². The predicted octanol–water partition coefficient (Wildman–Crippen LogP) is 8.80. The highest BCUT2D eigenvalue weighted by Gasteiger charge is 2.36. The summed E-state index contributed by atoms with van der Waals surface area (Å²) in [5.41, 5.74) is 0.337.